The molecule has 0 N–H and O–H groups in total. The predicted octanol–water partition coefficient (Wildman–Crippen LogP) is 2.74. The van der Waals surface area contributed by atoms with E-state index in [2.05, 4.69) is 13.8 Å². The third-order valence-corrected chi connectivity index (χ3v) is 2.50. The fourth-order valence-electron chi connectivity index (χ4n) is 1.86. The minimum atomic E-state index is -0.0973. The number of benzene rings is 1. The van der Waals surface area contributed by atoms with Crippen molar-refractivity contribution in [1.82, 2.24) is 0 Å². The molecule has 0 saturated heterocycles. The third kappa shape index (κ3) is 1.52. The first-order valence-corrected chi connectivity index (χ1v) is 4.99. The molecular weight excluding hydrogens is 176 g/mol. The van der Waals surface area contributed by atoms with Crippen LogP contribution in [0, 0.1) is 5.92 Å². The minimum Gasteiger partial charge on any atom is -0.426 e. The monoisotopic (exact) mass is 190 g/mol. The standard InChI is InChI=1S/C12H14O2/c1-8(2)7-10-9-5-3-4-6-11(9)14-12(10)13/h3-6,8,10H,7H2,1-2H3. The van der Waals surface area contributed by atoms with Crippen LogP contribution in [0.1, 0.15) is 31.7 Å². The van der Waals surface area contributed by atoms with Crippen LogP contribution in [0.2, 0.25) is 0 Å². The van der Waals surface area contributed by atoms with E-state index in [0.717, 1.165) is 17.7 Å². The Morgan fingerprint density at radius 2 is 2.07 bits per heavy atom. The number of ether oxygens (including phenoxy) is 1. The molecule has 0 spiro atoms. The highest BCUT2D eigenvalue weighted by Crippen LogP contribution is 2.37. The Balaban J connectivity index is 2.30. The van der Waals surface area contributed by atoms with Crippen LogP contribution < -0.4 is 4.74 Å². The molecule has 1 unspecified atom stereocenters. The number of carbonyl (C=O) groups is 1. The first-order valence-electron chi connectivity index (χ1n) is 4.99. The van der Waals surface area contributed by atoms with E-state index in [1.54, 1.807) is 0 Å². The van der Waals surface area contributed by atoms with Crippen molar-refractivity contribution < 1.29 is 9.53 Å². The highest BCUT2D eigenvalue weighted by atomic mass is 16.5. The lowest BCUT2D eigenvalue weighted by Gasteiger charge is -2.09. The highest BCUT2D eigenvalue weighted by Gasteiger charge is 2.32. The summed E-state index contributed by atoms with van der Waals surface area (Å²) in [5.41, 5.74) is 1.05. The molecule has 74 valence electrons. The average Bonchev–Trinajstić information content (AvgIpc) is 2.43. The summed E-state index contributed by atoms with van der Waals surface area (Å²) in [6, 6.07) is 7.68. The van der Waals surface area contributed by atoms with Gasteiger partial charge in [-0.25, -0.2) is 0 Å². The normalized spacial score (nSPS) is 19.6. The smallest absolute Gasteiger partial charge is 0.318 e. The van der Waals surface area contributed by atoms with Gasteiger partial charge >= 0.3 is 5.97 Å². The molecule has 0 aromatic heterocycles. The third-order valence-electron chi connectivity index (χ3n) is 2.50. The van der Waals surface area contributed by atoms with Crippen molar-refractivity contribution in [2.24, 2.45) is 5.92 Å². The van der Waals surface area contributed by atoms with Crippen molar-refractivity contribution in [2.45, 2.75) is 26.2 Å². The molecule has 1 heterocycles. The van der Waals surface area contributed by atoms with Crippen LogP contribution in [0.5, 0.6) is 5.75 Å². The van der Waals surface area contributed by atoms with Crippen LogP contribution in [0.15, 0.2) is 24.3 Å². The molecule has 2 nitrogen and oxygen atoms in total. The van der Waals surface area contributed by atoms with E-state index >= 15 is 0 Å². The van der Waals surface area contributed by atoms with Crippen LogP contribution in [-0.4, -0.2) is 5.97 Å². The van der Waals surface area contributed by atoms with Crippen LogP contribution in [-0.2, 0) is 4.79 Å². The Labute approximate surface area is 83.9 Å². The summed E-state index contributed by atoms with van der Waals surface area (Å²) < 4.78 is 5.18. The van der Waals surface area contributed by atoms with E-state index in [1.807, 2.05) is 24.3 Å². The largest absolute Gasteiger partial charge is 0.426 e. The lowest BCUT2D eigenvalue weighted by atomic mass is 9.92. The molecule has 1 aromatic carbocycles. The summed E-state index contributed by atoms with van der Waals surface area (Å²) in [6.07, 6.45) is 0.871. The maximum absolute atomic E-state index is 11.5. The molecule has 1 aliphatic rings. The molecule has 0 fully saturated rings. The molecule has 1 aromatic rings. The molecule has 0 radical (unpaired) electrons. The topological polar surface area (TPSA) is 26.3 Å². The van der Waals surface area contributed by atoms with Crippen molar-refractivity contribution in [3.63, 3.8) is 0 Å². The van der Waals surface area contributed by atoms with Crippen LogP contribution in [0.25, 0.3) is 0 Å². The lowest BCUT2D eigenvalue weighted by molar-refractivity contribution is -0.134. The lowest BCUT2D eigenvalue weighted by Crippen LogP contribution is -2.12. The zero-order valence-corrected chi connectivity index (χ0v) is 8.49. The predicted molar refractivity (Wildman–Crippen MR) is 54.3 cm³/mol. The van der Waals surface area contributed by atoms with Gasteiger partial charge in [-0.2, -0.15) is 0 Å². The van der Waals surface area contributed by atoms with Gasteiger partial charge in [0.15, 0.2) is 0 Å². The summed E-state index contributed by atoms with van der Waals surface area (Å²) in [5, 5.41) is 0. The van der Waals surface area contributed by atoms with Crippen molar-refractivity contribution in [2.75, 3.05) is 0 Å². The molecule has 14 heavy (non-hydrogen) atoms. The second-order valence-electron chi connectivity index (χ2n) is 4.14. The first kappa shape index (κ1) is 9.25. The number of rotatable bonds is 2. The Kier molecular flexibility index (Phi) is 2.28. The molecule has 0 aliphatic carbocycles. The van der Waals surface area contributed by atoms with Gasteiger partial charge in [-0.15, -0.1) is 0 Å². The number of fused-ring (bicyclic) bond motifs is 1. The van der Waals surface area contributed by atoms with E-state index in [-0.39, 0.29) is 11.9 Å². The van der Waals surface area contributed by atoms with E-state index in [9.17, 15) is 4.79 Å². The van der Waals surface area contributed by atoms with Crippen molar-refractivity contribution >= 4 is 5.97 Å². The summed E-state index contributed by atoms with van der Waals surface area (Å²) in [6.45, 7) is 4.24. The van der Waals surface area contributed by atoms with Crippen LogP contribution in [0.4, 0.5) is 0 Å². The zero-order chi connectivity index (χ0) is 10.1. The van der Waals surface area contributed by atoms with E-state index in [1.165, 1.54) is 0 Å². The Morgan fingerprint density at radius 3 is 2.79 bits per heavy atom. The van der Waals surface area contributed by atoms with Crippen LogP contribution >= 0.6 is 0 Å². The zero-order valence-electron chi connectivity index (χ0n) is 8.49. The Hall–Kier alpha value is -1.31. The van der Waals surface area contributed by atoms with Gasteiger partial charge in [0, 0.05) is 5.56 Å². The van der Waals surface area contributed by atoms with E-state index < -0.39 is 0 Å². The molecule has 2 rings (SSSR count). The summed E-state index contributed by atoms with van der Waals surface area (Å²) in [7, 11) is 0. The fourth-order valence-corrected chi connectivity index (χ4v) is 1.86. The average molecular weight is 190 g/mol. The number of para-hydroxylation sites is 1. The van der Waals surface area contributed by atoms with Crippen molar-refractivity contribution in [3.05, 3.63) is 29.8 Å². The Morgan fingerprint density at radius 1 is 1.36 bits per heavy atom. The number of hydrogen-bond acceptors (Lipinski definition) is 2. The van der Waals surface area contributed by atoms with E-state index in [4.69, 9.17) is 4.74 Å². The highest BCUT2D eigenvalue weighted by molar-refractivity contribution is 5.85. The summed E-state index contributed by atoms with van der Waals surface area (Å²) in [4.78, 5) is 11.5. The van der Waals surface area contributed by atoms with Crippen LogP contribution in [0.3, 0.4) is 0 Å². The number of carbonyl (C=O) groups excluding carboxylic acids is 1. The SMILES string of the molecule is CC(C)CC1C(=O)Oc2ccccc21. The minimum absolute atomic E-state index is 0.0498. The maximum atomic E-state index is 11.5. The van der Waals surface area contributed by atoms with Crippen molar-refractivity contribution in [1.29, 1.82) is 0 Å². The second kappa shape index (κ2) is 3.45. The molecule has 0 saturated carbocycles. The molecule has 0 amide bonds. The maximum Gasteiger partial charge on any atom is 0.318 e. The summed E-state index contributed by atoms with van der Waals surface area (Å²) in [5.74, 6) is 1.10. The van der Waals surface area contributed by atoms with Gasteiger partial charge in [0.2, 0.25) is 0 Å². The van der Waals surface area contributed by atoms with Gasteiger partial charge in [-0.3, -0.25) is 4.79 Å². The molecule has 1 atom stereocenters. The van der Waals surface area contributed by atoms with Gasteiger partial charge in [0.1, 0.15) is 5.75 Å². The first-order chi connectivity index (χ1) is 6.68. The Bertz CT molecular complexity index is 355. The molecule has 0 bridgehead atoms. The molecule has 2 heteroatoms. The molecular formula is C12H14O2. The number of esters is 1. The molecule has 1 aliphatic heterocycles. The van der Waals surface area contributed by atoms with Gasteiger partial charge in [0.25, 0.3) is 0 Å². The summed E-state index contributed by atoms with van der Waals surface area (Å²) >= 11 is 0. The van der Waals surface area contributed by atoms with Gasteiger partial charge < -0.3 is 4.74 Å². The van der Waals surface area contributed by atoms with Crippen molar-refractivity contribution in [3.8, 4) is 5.75 Å². The van der Waals surface area contributed by atoms with E-state index in [0.29, 0.717) is 5.92 Å². The van der Waals surface area contributed by atoms with Gasteiger partial charge in [-0.1, -0.05) is 32.0 Å². The quantitative estimate of drug-likeness (QED) is 0.529. The fraction of sp³-hybridized carbons (Fsp3) is 0.417. The van der Waals surface area contributed by atoms with Gasteiger partial charge in [0.05, 0.1) is 5.92 Å². The second-order valence-corrected chi connectivity index (χ2v) is 4.14. The number of hydrogen-bond donors (Lipinski definition) is 0. The van der Waals surface area contributed by atoms with Gasteiger partial charge in [-0.05, 0) is 18.4 Å².